The number of amides is 8. The second kappa shape index (κ2) is 25.1. The fraction of sp³-hybridized carbons (Fsp3) is 0.422. The van der Waals surface area contributed by atoms with Crippen molar-refractivity contribution in [2.24, 2.45) is 22.2 Å². The Balaban J connectivity index is 1.49. The third-order valence-corrected chi connectivity index (χ3v) is 11.0. The highest BCUT2D eigenvalue weighted by atomic mass is 16.2. The van der Waals surface area contributed by atoms with Crippen LogP contribution in [0.4, 0.5) is 0 Å². The first-order valence-electron chi connectivity index (χ1n) is 22.2. The van der Waals surface area contributed by atoms with E-state index in [0.717, 1.165) is 10.9 Å². The highest BCUT2D eigenvalue weighted by molar-refractivity contribution is 5.97. The topological polar surface area (TPSA) is 356 Å². The molecule has 5 rings (SSSR count). The lowest BCUT2D eigenvalue weighted by Crippen LogP contribution is -2.60. The monoisotopic (exact) mass is 924 g/mol. The number of carbonyl (C=O) groups is 8. The van der Waals surface area contributed by atoms with E-state index in [0.29, 0.717) is 23.2 Å². The van der Waals surface area contributed by atoms with Crippen molar-refractivity contribution in [2.45, 2.75) is 107 Å². The zero-order valence-corrected chi connectivity index (χ0v) is 37.3. The number of benzene rings is 2. The molecule has 3 heterocycles. The van der Waals surface area contributed by atoms with Gasteiger partial charge in [-0.05, 0) is 49.3 Å². The van der Waals surface area contributed by atoms with Crippen LogP contribution in [0.15, 0.2) is 78.3 Å². The summed E-state index contributed by atoms with van der Waals surface area (Å²) in [6.45, 7) is 1.69. The number of hydrogen-bond donors (Lipinski definition) is 12. The normalized spacial score (nSPS) is 20.6. The van der Waals surface area contributed by atoms with Crippen LogP contribution in [0, 0.1) is 0 Å². The third-order valence-electron chi connectivity index (χ3n) is 11.0. The summed E-state index contributed by atoms with van der Waals surface area (Å²) in [4.78, 5) is 124. The Morgan fingerprint density at radius 1 is 0.821 bits per heavy atom. The number of hydrogen-bond acceptors (Lipinski definition) is 10. The molecule has 1 aliphatic heterocycles. The molecule has 15 N–H and O–H groups in total. The molecular weight excluding hydrogens is 865 g/mol. The molecule has 4 aromatic rings. The molecule has 0 spiro atoms. The summed E-state index contributed by atoms with van der Waals surface area (Å²) in [6.07, 6.45) is 4.47. The largest absolute Gasteiger partial charge is 0.370 e. The van der Waals surface area contributed by atoms with E-state index in [1.165, 1.54) is 12.5 Å². The van der Waals surface area contributed by atoms with E-state index >= 15 is 0 Å². The molecular formula is C45H60N14O8. The number of aromatic nitrogens is 3. The molecule has 22 nitrogen and oxygen atoms in total. The van der Waals surface area contributed by atoms with E-state index in [4.69, 9.17) is 17.2 Å². The van der Waals surface area contributed by atoms with Gasteiger partial charge in [-0.25, -0.2) is 4.98 Å². The first-order valence-corrected chi connectivity index (χ1v) is 22.2. The van der Waals surface area contributed by atoms with Gasteiger partial charge >= 0.3 is 0 Å². The van der Waals surface area contributed by atoms with Crippen LogP contribution in [-0.2, 0) is 57.6 Å². The molecule has 67 heavy (non-hydrogen) atoms. The average Bonchev–Trinajstić information content (AvgIpc) is 3.97. The Morgan fingerprint density at radius 3 is 2.21 bits per heavy atom. The molecule has 2 aromatic heterocycles. The summed E-state index contributed by atoms with van der Waals surface area (Å²) in [5, 5.41) is 19.7. The summed E-state index contributed by atoms with van der Waals surface area (Å²) >= 11 is 0. The van der Waals surface area contributed by atoms with Gasteiger partial charge in [0, 0.05) is 74.2 Å². The van der Waals surface area contributed by atoms with Crippen LogP contribution < -0.4 is 54.4 Å². The number of guanidine groups is 1. The molecule has 8 amide bonds. The molecule has 0 radical (unpaired) electrons. The van der Waals surface area contributed by atoms with Gasteiger partial charge in [-0.3, -0.25) is 43.3 Å². The van der Waals surface area contributed by atoms with Gasteiger partial charge in [-0.2, -0.15) is 0 Å². The average molecular weight is 925 g/mol. The molecule has 0 saturated carbocycles. The molecule has 0 bridgehead atoms. The molecule has 6 unspecified atom stereocenters. The Morgan fingerprint density at radius 2 is 1.51 bits per heavy atom. The van der Waals surface area contributed by atoms with Gasteiger partial charge in [0.25, 0.3) is 0 Å². The quantitative estimate of drug-likeness (QED) is 0.0347. The van der Waals surface area contributed by atoms with Crippen LogP contribution in [0.3, 0.4) is 0 Å². The Kier molecular flexibility index (Phi) is 18.8. The molecule has 6 atom stereocenters. The maximum Gasteiger partial charge on any atom is 0.243 e. The summed E-state index contributed by atoms with van der Waals surface area (Å²) in [6, 6.07) is 8.28. The highest BCUT2D eigenvalue weighted by Gasteiger charge is 2.34. The number of aromatic amines is 2. The van der Waals surface area contributed by atoms with Crippen molar-refractivity contribution in [2.75, 3.05) is 13.1 Å². The Hall–Kier alpha value is -7.78. The van der Waals surface area contributed by atoms with E-state index in [2.05, 4.69) is 57.2 Å². The van der Waals surface area contributed by atoms with Crippen molar-refractivity contribution in [3.63, 3.8) is 0 Å². The van der Waals surface area contributed by atoms with Gasteiger partial charge in [-0.1, -0.05) is 55.5 Å². The van der Waals surface area contributed by atoms with Gasteiger partial charge < -0.3 is 64.4 Å². The Bertz CT molecular complexity index is 2370. The van der Waals surface area contributed by atoms with Crippen molar-refractivity contribution in [3.8, 4) is 0 Å². The van der Waals surface area contributed by atoms with Crippen LogP contribution in [0.2, 0.25) is 0 Å². The van der Waals surface area contributed by atoms with Gasteiger partial charge in [0.15, 0.2) is 5.96 Å². The van der Waals surface area contributed by atoms with E-state index < -0.39 is 83.5 Å². The van der Waals surface area contributed by atoms with E-state index in [9.17, 15) is 38.4 Å². The van der Waals surface area contributed by atoms with Crippen LogP contribution >= 0.6 is 0 Å². The maximum absolute atomic E-state index is 14.4. The second-order valence-corrected chi connectivity index (χ2v) is 16.2. The van der Waals surface area contributed by atoms with Crippen LogP contribution in [-0.4, -0.2) is 118 Å². The lowest BCUT2D eigenvalue weighted by Gasteiger charge is -2.27. The summed E-state index contributed by atoms with van der Waals surface area (Å²) < 4.78 is 0. The maximum atomic E-state index is 14.4. The fourth-order valence-corrected chi connectivity index (χ4v) is 7.51. The summed E-state index contributed by atoms with van der Waals surface area (Å²) in [7, 11) is 0. The van der Waals surface area contributed by atoms with E-state index in [1.54, 1.807) is 43.5 Å². The number of carbonyl (C=O) groups excluding carboxylic acids is 8. The number of nitrogens with two attached hydrogens (primary N) is 3. The number of primary amides is 1. The number of H-pyrrole nitrogens is 2. The van der Waals surface area contributed by atoms with E-state index in [-0.39, 0.29) is 76.8 Å². The number of imidazole rings is 1. The van der Waals surface area contributed by atoms with Crippen LogP contribution in [0.5, 0.6) is 0 Å². The van der Waals surface area contributed by atoms with Gasteiger partial charge in [0.1, 0.15) is 36.3 Å². The summed E-state index contributed by atoms with van der Waals surface area (Å²) in [5.41, 5.74) is 19.5. The standard InChI is InChI=1S/C45H60N14O8/c1-2-9-38(61)54-32-15-16-37(60)50-19-17-33(42(65)57-34(39(46)62)21-27-23-52-30-13-7-6-12-29(27)30)56-40(63)31(14-8-18-51-45(47)48)55-43(66)35(20-26-10-4-3-5-11-26)58-44(67)36(59-41(32)64)22-28-24-49-25-53-28/h3-7,10-13,23-25,31-36,52H,2,8-9,14-22H2,1H3,(H2,46,62)(H,49,53)(H,50,60)(H,54,61)(H,55,66)(H,56,63)(H,57,65)(H,58,67)(H,59,64)(H4,47,48,51). The number of nitrogens with zero attached hydrogens (tertiary/aromatic N) is 2. The smallest absolute Gasteiger partial charge is 0.243 e. The number of fused-ring (bicyclic) bond motifs is 1. The highest BCUT2D eigenvalue weighted by Crippen LogP contribution is 2.19. The molecule has 2 aromatic carbocycles. The number of aliphatic imine (C=N–C) groups is 1. The molecule has 0 aliphatic carbocycles. The van der Waals surface area contributed by atoms with Crippen LogP contribution in [0.25, 0.3) is 10.9 Å². The van der Waals surface area contributed by atoms with Crippen molar-refractivity contribution in [1.82, 2.24) is 52.2 Å². The SMILES string of the molecule is CCCC(=O)NC1CCC(=O)NCCC(C(=O)NC(Cc2c[nH]c3ccccc23)C(N)=O)NC(=O)C(CCCN=C(N)N)NC(=O)C(Cc2ccccc2)NC(=O)C(Cc2cnc[nH]2)NC1=O. The zero-order chi connectivity index (χ0) is 48.3. The number of rotatable bonds is 16. The fourth-order valence-electron chi connectivity index (χ4n) is 7.51. The predicted octanol–water partition coefficient (Wildman–Crippen LogP) is -1.53. The predicted molar refractivity (Wildman–Crippen MR) is 247 cm³/mol. The third kappa shape index (κ3) is 15.7. The van der Waals surface area contributed by atoms with Gasteiger partial charge in [-0.15, -0.1) is 0 Å². The Labute approximate surface area is 386 Å². The first kappa shape index (κ1) is 50.2. The zero-order valence-electron chi connectivity index (χ0n) is 37.3. The molecule has 1 saturated heterocycles. The number of para-hydroxylation sites is 1. The van der Waals surface area contributed by atoms with Gasteiger partial charge in [0.2, 0.25) is 47.3 Å². The van der Waals surface area contributed by atoms with Crippen molar-refractivity contribution in [1.29, 1.82) is 0 Å². The van der Waals surface area contributed by atoms with Crippen molar-refractivity contribution < 1.29 is 38.4 Å². The van der Waals surface area contributed by atoms with E-state index in [1.807, 2.05) is 24.3 Å². The molecule has 1 aliphatic rings. The van der Waals surface area contributed by atoms with Crippen molar-refractivity contribution in [3.05, 3.63) is 90.1 Å². The number of nitrogens with one attached hydrogen (secondary N) is 9. The minimum absolute atomic E-state index is 0.00672. The summed E-state index contributed by atoms with van der Waals surface area (Å²) in [5.74, 6) is -5.99. The van der Waals surface area contributed by atoms with Crippen LogP contribution in [0.1, 0.15) is 68.7 Å². The molecule has 358 valence electrons. The minimum atomic E-state index is -1.40. The lowest BCUT2D eigenvalue weighted by atomic mass is 10.0. The van der Waals surface area contributed by atoms with Gasteiger partial charge in [0.05, 0.1) is 6.33 Å². The lowest BCUT2D eigenvalue weighted by molar-refractivity contribution is -0.135. The molecule has 1 fully saturated rings. The first-order chi connectivity index (χ1) is 32.2. The second-order valence-electron chi connectivity index (χ2n) is 16.2. The molecule has 22 heteroatoms. The van der Waals surface area contributed by atoms with Crippen molar-refractivity contribution >= 4 is 64.1 Å². The minimum Gasteiger partial charge on any atom is -0.370 e.